The molecule has 3 atom stereocenters. The lowest BCUT2D eigenvalue weighted by Crippen LogP contribution is -2.30. The van der Waals surface area contributed by atoms with Crippen molar-refractivity contribution in [3.63, 3.8) is 0 Å². The third-order valence-electron chi connectivity index (χ3n) is 3.10. The van der Waals surface area contributed by atoms with Crippen LogP contribution in [0.3, 0.4) is 0 Å². The van der Waals surface area contributed by atoms with Gasteiger partial charge in [-0.3, -0.25) is 0 Å². The van der Waals surface area contributed by atoms with Crippen LogP contribution in [0.5, 0.6) is 0 Å². The van der Waals surface area contributed by atoms with Crippen LogP contribution in [0.2, 0.25) is 0 Å². The molecule has 1 rings (SSSR count). The number of ether oxygens (including phenoxy) is 1. The average molecular weight is 170 g/mol. The molecule has 0 aromatic rings. The highest BCUT2D eigenvalue weighted by Crippen LogP contribution is 2.32. The van der Waals surface area contributed by atoms with Crippen molar-refractivity contribution in [2.45, 2.75) is 52.6 Å². The van der Waals surface area contributed by atoms with Crippen molar-refractivity contribution in [2.75, 3.05) is 6.61 Å². The molecule has 1 fully saturated rings. The lowest BCUT2D eigenvalue weighted by molar-refractivity contribution is -0.0187. The maximum absolute atomic E-state index is 5.76. The molecule has 0 aromatic heterocycles. The second-order valence-electron chi connectivity index (χ2n) is 4.08. The fourth-order valence-electron chi connectivity index (χ4n) is 2.28. The Kier molecular flexibility index (Phi) is 4.07. The van der Waals surface area contributed by atoms with E-state index in [1.165, 1.54) is 25.7 Å². The minimum Gasteiger partial charge on any atom is -0.378 e. The van der Waals surface area contributed by atoms with E-state index < -0.39 is 0 Å². The molecule has 0 saturated heterocycles. The number of hydrogen-bond acceptors (Lipinski definition) is 1. The summed E-state index contributed by atoms with van der Waals surface area (Å²) in [6.45, 7) is 7.62. The molecule has 0 aromatic carbocycles. The van der Waals surface area contributed by atoms with Crippen molar-refractivity contribution in [1.29, 1.82) is 0 Å². The van der Waals surface area contributed by atoms with Crippen LogP contribution in [0.25, 0.3) is 0 Å². The van der Waals surface area contributed by atoms with Gasteiger partial charge in [-0.1, -0.05) is 26.7 Å². The molecule has 0 aliphatic heterocycles. The maximum Gasteiger partial charge on any atom is 0.0605 e. The van der Waals surface area contributed by atoms with Crippen LogP contribution in [0.4, 0.5) is 0 Å². The minimum absolute atomic E-state index is 0.559. The summed E-state index contributed by atoms with van der Waals surface area (Å²) >= 11 is 0. The molecule has 0 heterocycles. The lowest BCUT2D eigenvalue weighted by atomic mass is 9.79. The normalized spacial score (nSPS) is 36.8. The molecule has 0 N–H and O–H groups in total. The molecule has 1 nitrogen and oxygen atoms in total. The quantitative estimate of drug-likeness (QED) is 0.632. The predicted octanol–water partition coefficient (Wildman–Crippen LogP) is 3.24. The summed E-state index contributed by atoms with van der Waals surface area (Å²) in [7, 11) is 0. The third-order valence-corrected chi connectivity index (χ3v) is 3.10. The molecule has 12 heavy (non-hydrogen) atoms. The molecule has 72 valence electrons. The Bertz CT molecular complexity index is 122. The Labute approximate surface area is 76.5 Å². The van der Waals surface area contributed by atoms with E-state index in [4.69, 9.17) is 4.74 Å². The van der Waals surface area contributed by atoms with Crippen molar-refractivity contribution in [3.8, 4) is 0 Å². The SMILES string of the molecule is CCO[C@H]1CC(C)CCC1CC. The first-order valence-corrected chi connectivity index (χ1v) is 5.39. The maximum atomic E-state index is 5.76. The third kappa shape index (κ3) is 2.48. The van der Waals surface area contributed by atoms with Gasteiger partial charge in [0.25, 0.3) is 0 Å². The Morgan fingerprint density at radius 3 is 2.58 bits per heavy atom. The van der Waals surface area contributed by atoms with Gasteiger partial charge in [0.15, 0.2) is 0 Å². The summed E-state index contributed by atoms with van der Waals surface area (Å²) < 4.78 is 5.76. The smallest absolute Gasteiger partial charge is 0.0605 e. The Morgan fingerprint density at radius 1 is 1.25 bits per heavy atom. The number of rotatable bonds is 3. The van der Waals surface area contributed by atoms with Gasteiger partial charge >= 0.3 is 0 Å². The van der Waals surface area contributed by atoms with Crippen molar-refractivity contribution in [3.05, 3.63) is 0 Å². The van der Waals surface area contributed by atoms with E-state index in [-0.39, 0.29) is 0 Å². The molecule has 0 spiro atoms. The molecule has 2 unspecified atom stereocenters. The number of hydrogen-bond donors (Lipinski definition) is 0. The lowest BCUT2D eigenvalue weighted by Gasteiger charge is -2.33. The zero-order chi connectivity index (χ0) is 8.97. The fraction of sp³-hybridized carbons (Fsp3) is 1.00. The van der Waals surface area contributed by atoms with Crippen molar-refractivity contribution >= 4 is 0 Å². The van der Waals surface area contributed by atoms with Crippen LogP contribution in [0.15, 0.2) is 0 Å². The van der Waals surface area contributed by atoms with Gasteiger partial charge in [0, 0.05) is 6.61 Å². The first kappa shape index (κ1) is 10.0. The zero-order valence-corrected chi connectivity index (χ0v) is 8.68. The zero-order valence-electron chi connectivity index (χ0n) is 8.68. The van der Waals surface area contributed by atoms with Gasteiger partial charge < -0.3 is 4.74 Å². The Hall–Kier alpha value is -0.0400. The molecule has 0 bridgehead atoms. The highest BCUT2D eigenvalue weighted by molar-refractivity contribution is 4.78. The van der Waals surface area contributed by atoms with Crippen molar-refractivity contribution in [2.24, 2.45) is 11.8 Å². The van der Waals surface area contributed by atoms with E-state index in [1.54, 1.807) is 0 Å². The molecule has 1 heteroatoms. The standard InChI is InChI=1S/C11H22O/c1-4-10-7-6-9(3)8-11(10)12-5-2/h9-11H,4-8H2,1-3H3/t9?,10?,11-/m0/s1. The largest absolute Gasteiger partial charge is 0.378 e. The second kappa shape index (κ2) is 4.86. The molecule has 1 aliphatic rings. The Balaban J connectivity index is 2.40. The van der Waals surface area contributed by atoms with Crippen molar-refractivity contribution in [1.82, 2.24) is 0 Å². The predicted molar refractivity (Wildman–Crippen MR) is 52.2 cm³/mol. The van der Waals surface area contributed by atoms with E-state index in [0.717, 1.165) is 18.4 Å². The van der Waals surface area contributed by atoms with E-state index in [2.05, 4.69) is 20.8 Å². The minimum atomic E-state index is 0.559. The first-order chi connectivity index (χ1) is 5.77. The second-order valence-corrected chi connectivity index (χ2v) is 4.08. The summed E-state index contributed by atoms with van der Waals surface area (Å²) in [5.41, 5.74) is 0. The van der Waals surface area contributed by atoms with Crippen LogP contribution in [0, 0.1) is 11.8 Å². The van der Waals surface area contributed by atoms with Crippen LogP contribution < -0.4 is 0 Å². The van der Waals surface area contributed by atoms with E-state index in [9.17, 15) is 0 Å². The topological polar surface area (TPSA) is 9.23 Å². The molecule has 0 amide bonds. The van der Waals surface area contributed by atoms with Crippen LogP contribution in [-0.4, -0.2) is 12.7 Å². The van der Waals surface area contributed by atoms with Crippen LogP contribution in [0.1, 0.15) is 46.5 Å². The summed E-state index contributed by atoms with van der Waals surface area (Å²) in [4.78, 5) is 0. The van der Waals surface area contributed by atoms with E-state index >= 15 is 0 Å². The molecular weight excluding hydrogens is 148 g/mol. The van der Waals surface area contributed by atoms with Gasteiger partial charge in [0.2, 0.25) is 0 Å². The summed E-state index contributed by atoms with van der Waals surface area (Å²) in [6, 6.07) is 0. The molecule has 1 aliphatic carbocycles. The van der Waals surface area contributed by atoms with Gasteiger partial charge in [0.05, 0.1) is 6.10 Å². The van der Waals surface area contributed by atoms with Crippen LogP contribution >= 0.6 is 0 Å². The van der Waals surface area contributed by atoms with Gasteiger partial charge in [-0.25, -0.2) is 0 Å². The average Bonchev–Trinajstić information content (AvgIpc) is 2.05. The molecule has 0 radical (unpaired) electrons. The fourth-order valence-corrected chi connectivity index (χ4v) is 2.28. The van der Waals surface area contributed by atoms with Gasteiger partial charge in [-0.15, -0.1) is 0 Å². The molecular formula is C11H22O. The van der Waals surface area contributed by atoms with Gasteiger partial charge in [0.1, 0.15) is 0 Å². The Morgan fingerprint density at radius 2 is 2.00 bits per heavy atom. The summed E-state index contributed by atoms with van der Waals surface area (Å²) in [5.74, 6) is 1.71. The molecule has 1 saturated carbocycles. The van der Waals surface area contributed by atoms with Gasteiger partial charge in [-0.05, 0) is 31.6 Å². The van der Waals surface area contributed by atoms with E-state index in [1.807, 2.05) is 0 Å². The summed E-state index contributed by atoms with van der Waals surface area (Å²) in [5, 5.41) is 0. The first-order valence-electron chi connectivity index (χ1n) is 5.39. The van der Waals surface area contributed by atoms with Crippen LogP contribution in [-0.2, 0) is 4.74 Å². The monoisotopic (exact) mass is 170 g/mol. The highest BCUT2D eigenvalue weighted by atomic mass is 16.5. The van der Waals surface area contributed by atoms with E-state index in [0.29, 0.717) is 6.10 Å². The summed E-state index contributed by atoms with van der Waals surface area (Å²) in [6.07, 6.45) is 5.91. The van der Waals surface area contributed by atoms with Crippen molar-refractivity contribution < 1.29 is 4.74 Å². The van der Waals surface area contributed by atoms with Gasteiger partial charge in [-0.2, -0.15) is 0 Å². The highest BCUT2D eigenvalue weighted by Gasteiger charge is 2.27.